The maximum atomic E-state index is 13.7. The summed E-state index contributed by atoms with van der Waals surface area (Å²) < 4.78 is 41.4. The molecule has 3 aromatic rings. The van der Waals surface area contributed by atoms with Crippen LogP contribution in [0, 0.1) is 14.1 Å². The number of piperidine rings is 1. The fourth-order valence-electron chi connectivity index (χ4n) is 6.46. The van der Waals surface area contributed by atoms with Gasteiger partial charge in [-0.05, 0) is 124 Å². The highest BCUT2D eigenvalue weighted by atomic mass is 127. The van der Waals surface area contributed by atoms with Crippen molar-refractivity contribution >= 4 is 57.0 Å². The Labute approximate surface area is 277 Å². The summed E-state index contributed by atoms with van der Waals surface area (Å²) in [5.74, 6) is -0.632. The maximum absolute atomic E-state index is 13.7. The van der Waals surface area contributed by atoms with E-state index in [-0.39, 0.29) is 11.9 Å². The van der Waals surface area contributed by atoms with Gasteiger partial charge in [0.25, 0.3) is 5.91 Å². The minimum absolute atomic E-state index is 0.0318. The summed E-state index contributed by atoms with van der Waals surface area (Å²) in [6, 6.07) is 19.2. The van der Waals surface area contributed by atoms with Crippen molar-refractivity contribution in [2.75, 3.05) is 26.2 Å². The predicted molar refractivity (Wildman–Crippen MR) is 179 cm³/mol. The van der Waals surface area contributed by atoms with E-state index in [0.717, 1.165) is 79.4 Å². The van der Waals surface area contributed by atoms with Crippen molar-refractivity contribution in [3.05, 3.63) is 90.1 Å². The SMILES string of the molecule is Cc1cc(I)c(I)c(C(=O)NC2CCN(CCCCC3(C(=O)NCC(F)(F)F)c4ccccc4-c4ccccc43)CC2)c1. The van der Waals surface area contributed by atoms with Crippen LogP contribution in [-0.2, 0) is 10.2 Å². The molecule has 1 aliphatic carbocycles. The van der Waals surface area contributed by atoms with Gasteiger partial charge in [-0.25, -0.2) is 0 Å². The minimum atomic E-state index is -4.49. The quantitative estimate of drug-likeness (QED) is 0.178. The Hall–Kier alpha value is -2.19. The van der Waals surface area contributed by atoms with E-state index >= 15 is 0 Å². The highest BCUT2D eigenvalue weighted by molar-refractivity contribution is 14.1. The molecule has 0 unspecified atom stereocenters. The van der Waals surface area contributed by atoms with Crippen LogP contribution in [0.2, 0.25) is 0 Å². The van der Waals surface area contributed by atoms with Gasteiger partial charge in [0, 0.05) is 26.3 Å². The molecule has 1 aliphatic heterocycles. The average Bonchev–Trinajstić information content (AvgIpc) is 3.27. The largest absolute Gasteiger partial charge is 0.405 e. The lowest BCUT2D eigenvalue weighted by molar-refractivity contribution is -0.141. The first kappa shape index (κ1) is 32.2. The summed E-state index contributed by atoms with van der Waals surface area (Å²) >= 11 is 4.49. The van der Waals surface area contributed by atoms with Gasteiger partial charge in [0.05, 0.1) is 5.56 Å². The summed E-state index contributed by atoms with van der Waals surface area (Å²) in [5.41, 5.74) is 3.96. The molecule has 0 spiro atoms. The Balaban J connectivity index is 1.20. The molecule has 2 aliphatic rings. The number of carbonyl (C=O) groups excluding carboxylic acids is 2. The third kappa shape index (κ3) is 7.06. The second-order valence-electron chi connectivity index (χ2n) is 11.4. The minimum Gasteiger partial charge on any atom is -0.349 e. The molecule has 0 saturated carbocycles. The van der Waals surface area contributed by atoms with Gasteiger partial charge in [0.2, 0.25) is 5.91 Å². The first-order valence-corrected chi connectivity index (χ1v) is 16.7. The standard InChI is InChI=1S/C33H34F3I2N3O2/c1-21-18-25(29(38)28(37)19-21)30(42)40-22-12-16-41(17-13-22)15-7-6-14-32(31(43)39-20-33(34,35)36)26-10-4-2-8-23(26)24-9-3-5-11-27(24)32/h2-5,8-11,18-19,22H,6-7,12-17,20H2,1H3,(H,39,43)(H,40,42). The van der Waals surface area contributed by atoms with E-state index < -0.39 is 24.0 Å². The van der Waals surface area contributed by atoms with E-state index in [4.69, 9.17) is 0 Å². The Kier molecular flexibility index (Phi) is 10.1. The molecule has 1 heterocycles. The molecule has 2 N–H and O–H groups in total. The molecule has 0 radical (unpaired) electrons. The van der Waals surface area contributed by atoms with Gasteiger partial charge >= 0.3 is 6.18 Å². The van der Waals surface area contributed by atoms with E-state index in [9.17, 15) is 22.8 Å². The van der Waals surface area contributed by atoms with E-state index in [1.54, 1.807) is 0 Å². The van der Waals surface area contributed by atoms with Crippen molar-refractivity contribution in [2.45, 2.75) is 56.7 Å². The van der Waals surface area contributed by atoms with Gasteiger partial charge in [-0.3, -0.25) is 9.59 Å². The van der Waals surface area contributed by atoms with E-state index in [1.807, 2.05) is 61.5 Å². The lowest BCUT2D eigenvalue weighted by Crippen LogP contribution is -2.47. The van der Waals surface area contributed by atoms with Crippen LogP contribution in [0.3, 0.4) is 0 Å². The van der Waals surface area contributed by atoms with E-state index in [1.165, 1.54) is 0 Å². The number of nitrogens with zero attached hydrogens (tertiary/aromatic N) is 1. The smallest absolute Gasteiger partial charge is 0.349 e. The summed E-state index contributed by atoms with van der Waals surface area (Å²) in [7, 11) is 0. The number of hydrogen-bond acceptors (Lipinski definition) is 3. The molecule has 0 atom stereocenters. The molecular formula is C33H34F3I2N3O2. The zero-order chi connectivity index (χ0) is 30.8. The van der Waals surface area contributed by atoms with Crippen LogP contribution in [0.25, 0.3) is 11.1 Å². The molecular weight excluding hydrogens is 781 g/mol. The Morgan fingerprint density at radius 3 is 2.16 bits per heavy atom. The molecule has 0 bridgehead atoms. The fraction of sp³-hybridized carbons (Fsp3) is 0.394. The number of unbranched alkanes of at least 4 members (excludes halogenated alkanes) is 1. The van der Waals surface area contributed by atoms with Gasteiger partial charge in [0.15, 0.2) is 0 Å². The summed E-state index contributed by atoms with van der Waals surface area (Å²) in [5, 5.41) is 5.43. The second-order valence-corrected chi connectivity index (χ2v) is 13.7. The zero-order valence-electron chi connectivity index (χ0n) is 23.9. The topological polar surface area (TPSA) is 61.4 Å². The molecule has 228 valence electrons. The number of alkyl halides is 3. The normalized spacial score (nSPS) is 16.4. The van der Waals surface area contributed by atoms with Crippen LogP contribution in [0.15, 0.2) is 60.7 Å². The number of rotatable bonds is 9. The van der Waals surface area contributed by atoms with Crippen molar-refractivity contribution in [1.82, 2.24) is 15.5 Å². The van der Waals surface area contributed by atoms with Crippen LogP contribution in [0.5, 0.6) is 0 Å². The van der Waals surface area contributed by atoms with Crippen LogP contribution in [0.1, 0.15) is 59.2 Å². The number of aryl methyl sites for hydroxylation is 1. The lowest BCUT2D eigenvalue weighted by atomic mass is 9.73. The third-order valence-corrected chi connectivity index (χ3v) is 11.6. The van der Waals surface area contributed by atoms with E-state index in [0.29, 0.717) is 12.8 Å². The number of likely N-dealkylation sites (tertiary alicyclic amines) is 1. The monoisotopic (exact) mass is 815 g/mol. The predicted octanol–water partition coefficient (Wildman–Crippen LogP) is 7.21. The number of nitrogens with one attached hydrogen (secondary N) is 2. The first-order valence-electron chi connectivity index (χ1n) is 14.5. The first-order chi connectivity index (χ1) is 20.5. The van der Waals surface area contributed by atoms with Crippen molar-refractivity contribution in [3.63, 3.8) is 0 Å². The van der Waals surface area contributed by atoms with Gasteiger partial charge in [0.1, 0.15) is 12.0 Å². The maximum Gasteiger partial charge on any atom is 0.405 e. The molecule has 2 amide bonds. The van der Waals surface area contributed by atoms with Crippen molar-refractivity contribution < 1.29 is 22.8 Å². The highest BCUT2D eigenvalue weighted by Gasteiger charge is 2.49. The van der Waals surface area contributed by atoms with Crippen LogP contribution in [-0.4, -0.2) is 55.1 Å². The molecule has 1 saturated heterocycles. The average molecular weight is 815 g/mol. The number of amides is 2. The Bertz CT molecular complexity index is 1460. The molecule has 3 aromatic carbocycles. The van der Waals surface area contributed by atoms with E-state index in [2.05, 4.69) is 66.8 Å². The van der Waals surface area contributed by atoms with Crippen molar-refractivity contribution in [2.24, 2.45) is 0 Å². The fourth-order valence-corrected chi connectivity index (χ4v) is 7.80. The zero-order valence-corrected chi connectivity index (χ0v) is 28.2. The number of benzene rings is 3. The Morgan fingerprint density at radius 1 is 0.953 bits per heavy atom. The highest BCUT2D eigenvalue weighted by Crippen LogP contribution is 2.51. The van der Waals surface area contributed by atoms with Gasteiger partial charge in [-0.15, -0.1) is 0 Å². The van der Waals surface area contributed by atoms with Crippen LogP contribution in [0.4, 0.5) is 13.2 Å². The van der Waals surface area contributed by atoms with Crippen LogP contribution < -0.4 is 10.6 Å². The summed E-state index contributed by atoms with van der Waals surface area (Å²) in [6.45, 7) is 3.19. The third-order valence-electron chi connectivity index (χ3n) is 8.52. The molecule has 1 fully saturated rings. The summed E-state index contributed by atoms with van der Waals surface area (Å²) in [6.07, 6.45) is -0.855. The second kappa shape index (κ2) is 13.4. The number of carbonyl (C=O) groups is 2. The molecule has 10 heteroatoms. The number of hydrogen-bond donors (Lipinski definition) is 2. The molecule has 5 rings (SSSR count). The molecule has 5 nitrogen and oxygen atoms in total. The molecule has 43 heavy (non-hydrogen) atoms. The van der Waals surface area contributed by atoms with Crippen molar-refractivity contribution in [3.8, 4) is 11.1 Å². The van der Waals surface area contributed by atoms with Crippen LogP contribution >= 0.6 is 45.2 Å². The number of fused-ring (bicyclic) bond motifs is 3. The Morgan fingerprint density at radius 2 is 1.56 bits per heavy atom. The number of halogens is 5. The van der Waals surface area contributed by atoms with Gasteiger partial charge < -0.3 is 15.5 Å². The van der Waals surface area contributed by atoms with Gasteiger partial charge in [-0.2, -0.15) is 13.2 Å². The van der Waals surface area contributed by atoms with Gasteiger partial charge in [-0.1, -0.05) is 55.0 Å². The summed E-state index contributed by atoms with van der Waals surface area (Å²) in [4.78, 5) is 29.0. The lowest BCUT2D eigenvalue weighted by Gasteiger charge is -2.33. The van der Waals surface area contributed by atoms with Crippen molar-refractivity contribution in [1.29, 1.82) is 0 Å². The molecule has 0 aromatic heterocycles.